The Morgan fingerprint density at radius 1 is 1.17 bits per heavy atom. The molecule has 0 amide bonds. The minimum absolute atomic E-state index is 0.873. The van der Waals surface area contributed by atoms with Crippen molar-refractivity contribution in [3.05, 3.63) is 30.3 Å². The van der Waals surface area contributed by atoms with Gasteiger partial charge in [-0.05, 0) is 12.1 Å². The summed E-state index contributed by atoms with van der Waals surface area (Å²) in [6.07, 6.45) is -5.08. The van der Waals surface area contributed by atoms with E-state index in [-0.39, 0.29) is 0 Å². The zero-order valence-electron chi connectivity index (χ0n) is 9.64. The molecule has 0 radical (unpaired) electrons. The first-order valence-corrected chi connectivity index (χ1v) is 4.56. The lowest BCUT2D eigenvalue weighted by atomic mass is 10.3. The zero-order valence-corrected chi connectivity index (χ0v) is 9.64. The normalized spacial score (nSPS) is 10.3. The molecule has 0 saturated heterocycles. The van der Waals surface area contributed by atoms with Gasteiger partial charge >= 0.3 is 12.1 Å². The first kappa shape index (κ1) is 16.2. The lowest BCUT2D eigenvalue weighted by molar-refractivity contribution is -0.192. The van der Waals surface area contributed by atoms with Crippen LogP contribution in [-0.4, -0.2) is 31.5 Å². The third kappa shape index (κ3) is 6.06. The van der Waals surface area contributed by atoms with Gasteiger partial charge in [0.2, 0.25) is 0 Å². The minimum atomic E-state index is -5.08. The summed E-state index contributed by atoms with van der Waals surface area (Å²) in [4.78, 5) is 18.7. The van der Waals surface area contributed by atoms with E-state index >= 15 is 0 Å². The molecule has 102 valence electrons. The number of carbonyl (C=O) groups is 1. The lowest BCUT2D eigenvalue weighted by Gasteiger charge is -2.17. The van der Waals surface area contributed by atoms with Crippen LogP contribution in [0.25, 0.3) is 0 Å². The van der Waals surface area contributed by atoms with Crippen LogP contribution in [0, 0.1) is 0 Å². The minimum Gasteiger partial charge on any atom is -0.475 e. The topological polar surface area (TPSA) is 59.0 Å². The van der Waals surface area contributed by atoms with Gasteiger partial charge < -0.3 is 5.11 Å². The van der Waals surface area contributed by atoms with Crippen molar-refractivity contribution in [2.45, 2.75) is 6.18 Å². The van der Waals surface area contributed by atoms with Crippen molar-refractivity contribution < 1.29 is 32.7 Å². The van der Waals surface area contributed by atoms with E-state index in [1.165, 1.54) is 5.23 Å². The molecule has 1 N–H and O–H groups in total. The zero-order chi connectivity index (χ0) is 14.2. The summed E-state index contributed by atoms with van der Waals surface area (Å²) in [5.74, 6) is -2.76. The summed E-state index contributed by atoms with van der Waals surface area (Å²) >= 11 is 0. The highest BCUT2D eigenvalue weighted by Crippen LogP contribution is 2.13. The highest BCUT2D eigenvalue weighted by molar-refractivity contribution is 5.73. The predicted octanol–water partition coefficient (Wildman–Crippen LogP) is 2.25. The first-order chi connectivity index (χ1) is 8.32. The van der Waals surface area contributed by atoms with Crippen molar-refractivity contribution in [3.63, 3.8) is 0 Å². The van der Waals surface area contributed by atoms with Crippen molar-refractivity contribution in [2.24, 2.45) is 0 Å². The van der Waals surface area contributed by atoms with Crippen LogP contribution in [0.1, 0.15) is 0 Å². The van der Waals surface area contributed by atoms with E-state index < -0.39 is 12.1 Å². The molecule has 0 aliphatic heterocycles. The molecule has 8 heteroatoms. The average Bonchev–Trinajstić information content (AvgIpc) is 2.31. The van der Waals surface area contributed by atoms with E-state index in [2.05, 4.69) is 0 Å². The Kier molecular flexibility index (Phi) is 6.76. The van der Waals surface area contributed by atoms with Gasteiger partial charge in [-0.1, -0.05) is 18.2 Å². The number of carboxylic acids is 1. The number of anilines is 1. The maximum atomic E-state index is 10.6. The molecule has 1 aromatic rings. The van der Waals surface area contributed by atoms with Gasteiger partial charge in [0, 0.05) is 0 Å². The number of hydrogen-bond acceptors (Lipinski definition) is 4. The van der Waals surface area contributed by atoms with E-state index in [1.807, 2.05) is 30.3 Å². The van der Waals surface area contributed by atoms with Crippen LogP contribution in [0.5, 0.6) is 0 Å². The number of hydrogen-bond donors (Lipinski definition) is 1. The number of para-hydroxylation sites is 1. The van der Waals surface area contributed by atoms with Gasteiger partial charge in [-0.25, -0.2) is 4.79 Å². The van der Waals surface area contributed by atoms with Crippen LogP contribution in [0.2, 0.25) is 0 Å². The van der Waals surface area contributed by atoms with Gasteiger partial charge in [0.15, 0.2) is 0 Å². The Hall–Kier alpha value is -1.80. The summed E-state index contributed by atoms with van der Waals surface area (Å²) in [5, 5.41) is 8.46. The smallest absolute Gasteiger partial charge is 0.475 e. The number of halogens is 3. The molecule has 0 saturated carbocycles. The molecule has 0 unspecified atom stereocenters. The maximum absolute atomic E-state index is 10.6. The van der Waals surface area contributed by atoms with E-state index in [1.54, 1.807) is 14.2 Å². The van der Waals surface area contributed by atoms with Gasteiger partial charge in [-0.2, -0.15) is 13.2 Å². The number of carboxylic acid groups (broad SMARTS) is 1. The fourth-order valence-electron chi connectivity index (χ4n) is 0.835. The fourth-order valence-corrected chi connectivity index (χ4v) is 0.835. The molecule has 0 fully saturated rings. The van der Waals surface area contributed by atoms with Crippen LogP contribution in [0.3, 0.4) is 0 Å². The van der Waals surface area contributed by atoms with Crippen molar-refractivity contribution in [1.82, 2.24) is 0 Å². The molecule has 0 aliphatic carbocycles. The Labute approximate surface area is 101 Å². The molecule has 5 nitrogen and oxygen atoms in total. The molecular weight excluding hydrogens is 255 g/mol. The van der Waals surface area contributed by atoms with Crippen molar-refractivity contribution >= 4 is 11.7 Å². The average molecular weight is 267 g/mol. The van der Waals surface area contributed by atoms with Gasteiger partial charge in [0.05, 0.1) is 19.9 Å². The third-order valence-corrected chi connectivity index (χ3v) is 1.54. The fraction of sp³-hybridized carbons (Fsp3) is 0.300. The maximum Gasteiger partial charge on any atom is 0.490 e. The highest BCUT2D eigenvalue weighted by Gasteiger charge is 2.38. The van der Waals surface area contributed by atoms with Gasteiger partial charge in [-0.15, -0.1) is 5.23 Å². The molecule has 1 rings (SSSR count). The molecule has 0 aliphatic rings. The van der Waals surface area contributed by atoms with Crippen molar-refractivity contribution in [3.8, 4) is 0 Å². The number of nitrogens with zero attached hydrogens (tertiary/aromatic N) is 1. The van der Waals surface area contributed by atoms with Gasteiger partial charge in [-0.3, -0.25) is 9.68 Å². The van der Waals surface area contributed by atoms with E-state index in [9.17, 15) is 13.2 Å². The molecular formula is C10H12F3NO4. The van der Waals surface area contributed by atoms with Gasteiger partial charge in [0.1, 0.15) is 0 Å². The van der Waals surface area contributed by atoms with E-state index in [4.69, 9.17) is 19.6 Å². The third-order valence-electron chi connectivity index (χ3n) is 1.54. The molecule has 0 bridgehead atoms. The summed E-state index contributed by atoms with van der Waals surface area (Å²) in [5.41, 5.74) is 0.873. The Balaban J connectivity index is 0.000000360. The van der Waals surface area contributed by atoms with Crippen LogP contribution < -0.4 is 5.23 Å². The Morgan fingerprint density at radius 3 is 1.83 bits per heavy atom. The molecule has 0 spiro atoms. The van der Waals surface area contributed by atoms with Gasteiger partial charge in [0.25, 0.3) is 0 Å². The van der Waals surface area contributed by atoms with Crippen LogP contribution >= 0.6 is 0 Å². The second-order valence-electron chi connectivity index (χ2n) is 2.76. The Morgan fingerprint density at radius 2 is 1.56 bits per heavy atom. The van der Waals surface area contributed by atoms with Crippen molar-refractivity contribution in [2.75, 3.05) is 19.4 Å². The first-order valence-electron chi connectivity index (χ1n) is 4.56. The van der Waals surface area contributed by atoms with E-state index in [0.29, 0.717) is 0 Å². The summed E-state index contributed by atoms with van der Waals surface area (Å²) in [6, 6.07) is 9.56. The number of rotatable bonds is 3. The largest absolute Gasteiger partial charge is 0.490 e. The molecule has 0 atom stereocenters. The second-order valence-corrected chi connectivity index (χ2v) is 2.76. The molecule has 0 aromatic heterocycles. The molecule has 1 aromatic carbocycles. The predicted molar refractivity (Wildman–Crippen MR) is 56.6 cm³/mol. The molecule has 0 heterocycles. The summed E-state index contributed by atoms with van der Waals surface area (Å²) in [7, 11) is 3.10. The quantitative estimate of drug-likeness (QED) is 0.851. The number of benzene rings is 1. The number of alkyl halides is 3. The number of aliphatic carboxylic acids is 1. The Bertz CT molecular complexity index is 352. The van der Waals surface area contributed by atoms with Crippen LogP contribution in [0.15, 0.2) is 30.3 Å². The lowest BCUT2D eigenvalue weighted by Crippen LogP contribution is -2.21. The van der Waals surface area contributed by atoms with Crippen LogP contribution in [0.4, 0.5) is 18.9 Å². The summed E-state index contributed by atoms with van der Waals surface area (Å²) < 4.78 is 31.7. The van der Waals surface area contributed by atoms with Crippen molar-refractivity contribution in [1.29, 1.82) is 0 Å². The van der Waals surface area contributed by atoms with Crippen LogP contribution in [-0.2, 0) is 14.5 Å². The monoisotopic (exact) mass is 267 g/mol. The van der Waals surface area contributed by atoms with E-state index in [0.717, 1.165) is 5.69 Å². The molecule has 18 heavy (non-hydrogen) atoms. The highest BCUT2D eigenvalue weighted by atomic mass is 19.4. The summed E-state index contributed by atoms with van der Waals surface area (Å²) in [6.45, 7) is 0. The standard InChI is InChI=1S/C8H11NO2.C2HF3O2/c1-10-9(11-2)8-6-4-3-5-7-8;3-2(4,5)1(6)7/h3-7H,1-2H3;(H,6,7). The SMILES string of the molecule is CON(OC)c1ccccc1.O=C(O)C(F)(F)F. The second kappa shape index (κ2) is 7.51.